The van der Waals surface area contributed by atoms with Crippen LogP contribution in [0.15, 0.2) is 65.9 Å². The van der Waals surface area contributed by atoms with Gasteiger partial charge in [-0.3, -0.25) is 9.80 Å². The summed E-state index contributed by atoms with van der Waals surface area (Å²) in [6, 6.07) is 10.9. The lowest BCUT2D eigenvalue weighted by Gasteiger charge is -2.60. The van der Waals surface area contributed by atoms with Gasteiger partial charge in [-0.2, -0.15) is 0 Å². The number of aliphatic hydroxyl groups is 2. The van der Waals surface area contributed by atoms with Gasteiger partial charge in [0, 0.05) is 63.7 Å². The molecule has 62 heavy (non-hydrogen) atoms. The molecule has 7 atom stereocenters. The molecular weight excluding hydrogens is 818 g/mol. The van der Waals surface area contributed by atoms with E-state index in [0.29, 0.717) is 55.4 Å². The summed E-state index contributed by atoms with van der Waals surface area (Å²) in [6.07, 6.45) is 10.4. The van der Waals surface area contributed by atoms with E-state index in [1.165, 1.54) is 0 Å². The van der Waals surface area contributed by atoms with Gasteiger partial charge in [0.05, 0.1) is 30.7 Å². The van der Waals surface area contributed by atoms with E-state index in [2.05, 4.69) is 23.6 Å². The Labute approximate surface area is 369 Å². The van der Waals surface area contributed by atoms with E-state index in [9.17, 15) is 15.0 Å². The van der Waals surface area contributed by atoms with Gasteiger partial charge in [0.15, 0.2) is 11.5 Å². The second kappa shape index (κ2) is 21.1. The fourth-order valence-electron chi connectivity index (χ4n) is 9.99. The predicted molar refractivity (Wildman–Crippen MR) is 232 cm³/mol. The third-order valence-corrected chi connectivity index (χ3v) is 13.1. The number of halogens is 1. The van der Waals surface area contributed by atoms with Crippen LogP contribution in [0.5, 0.6) is 23.0 Å². The summed E-state index contributed by atoms with van der Waals surface area (Å²) in [4.78, 5) is 25.0. The van der Waals surface area contributed by atoms with Crippen molar-refractivity contribution >= 4 is 23.4 Å². The molecule has 3 fully saturated rings. The first-order valence-electron chi connectivity index (χ1n) is 22.5. The number of hydrogen-bond acceptors (Lipinski definition) is 13. The second-order valence-corrected chi connectivity index (χ2v) is 17.4. The first-order valence-corrected chi connectivity index (χ1v) is 23.1. The summed E-state index contributed by atoms with van der Waals surface area (Å²) in [6.45, 7) is 8.80. The molecule has 2 aromatic carbocycles. The topological polar surface area (TPSA) is 150 Å². The first-order chi connectivity index (χ1) is 30.5. The van der Waals surface area contributed by atoms with Gasteiger partial charge >= 0.3 is 6.09 Å². The highest BCUT2D eigenvalue weighted by atomic mass is 35.5. The quantitative estimate of drug-likeness (QED) is 0.0407. The van der Waals surface area contributed by atoms with Crippen LogP contribution in [-0.4, -0.2) is 122 Å². The van der Waals surface area contributed by atoms with Crippen LogP contribution in [0.2, 0.25) is 0 Å². The summed E-state index contributed by atoms with van der Waals surface area (Å²) in [5, 5.41) is 24.9. The minimum atomic E-state index is -1.47. The number of ether oxygens (including phenoxy) is 7. The number of nitrogens with zero attached hydrogens (tertiary/aromatic N) is 3. The van der Waals surface area contributed by atoms with Crippen LogP contribution in [0.1, 0.15) is 81.3 Å². The molecule has 2 aromatic rings. The Bertz CT molecular complexity index is 1900. The fourth-order valence-corrected chi connectivity index (χ4v) is 10.1. The summed E-state index contributed by atoms with van der Waals surface area (Å²) in [5.41, 5.74) is 3.40. The Balaban J connectivity index is 1.30. The molecule has 8 rings (SSSR count). The standard InChI is InChI=1S/C47H62ClN3O11/c1-2-22-60-47-42(51(46(54)57-24-16-48)30-32-12-14-40-41(26-32)59-31-58-40)29-38(49-62-43-11-5-8-23-56-43)36-27-33(9-3-6-20-52)35(10-4-7-21-53)44(45(36)47)37-28-34(13-15-39(37)61-47)55-25-19-50-17-18-50/h2,12-15,26-28,33,35,42-45,52-53H,1,3-11,16-25,29-31H2/t33-,35+,42-,43?,44+,45+,47+/m0/s1. The van der Waals surface area contributed by atoms with E-state index in [4.69, 9.17) is 54.8 Å². The maximum Gasteiger partial charge on any atom is 0.410 e. The summed E-state index contributed by atoms with van der Waals surface area (Å²) in [7, 11) is 0. The third-order valence-electron chi connectivity index (χ3n) is 13.0. The molecule has 2 N–H and O–H groups in total. The summed E-state index contributed by atoms with van der Waals surface area (Å²) >= 11 is 6.13. The van der Waals surface area contributed by atoms with Gasteiger partial charge in [-0.15, -0.1) is 18.2 Å². The number of benzene rings is 2. The average molecular weight is 880 g/mol. The smallest absolute Gasteiger partial charge is 0.410 e. The van der Waals surface area contributed by atoms with Crippen molar-refractivity contribution < 1.29 is 53.0 Å². The number of oxime groups is 1. The normalized spacial score (nSPS) is 27.7. The number of unbranched alkanes of at least 4 members (excludes halogenated alkanes) is 2. The largest absolute Gasteiger partial charge is 0.492 e. The second-order valence-electron chi connectivity index (χ2n) is 17.0. The molecule has 14 nitrogen and oxygen atoms in total. The molecule has 0 spiro atoms. The first kappa shape index (κ1) is 44.6. The number of rotatable bonds is 22. The minimum Gasteiger partial charge on any atom is -0.492 e. The van der Waals surface area contributed by atoms with Crippen LogP contribution in [0.4, 0.5) is 4.79 Å². The van der Waals surface area contributed by atoms with Crippen LogP contribution in [0.25, 0.3) is 0 Å². The molecule has 15 heteroatoms. The van der Waals surface area contributed by atoms with Crippen molar-refractivity contribution in [1.82, 2.24) is 9.80 Å². The number of carbonyl (C=O) groups is 1. The molecule has 1 saturated carbocycles. The lowest BCUT2D eigenvalue weighted by Crippen LogP contribution is -2.70. The molecule has 1 amide bonds. The highest BCUT2D eigenvalue weighted by Gasteiger charge is 2.66. The Morgan fingerprint density at radius 1 is 1.02 bits per heavy atom. The zero-order valence-electron chi connectivity index (χ0n) is 35.6. The lowest BCUT2D eigenvalue weighted by molar-refractivity contribution is -0.256. The number of carbonyl (C=O) groups excluding carboxylic acids is 1. The predicted octanol–water partition coefficient (Wildman–Crippen LogP) is 7.15. The Morgan fingerprint density at radius 2 is 1.84 bits per heavy atom. The number of aliphatic hydroxyl groups excluding tert-OH is 2. The van der Waals surface area contributed by atoms with Crippen molar-refractivity contribution in [2.45, 2.75) is 94.8 Å². The molecule has 4 heterocycles. The Kier molecular flexibility index (Phi) is 15.2. The zero-order valence-corrected chi connectivity index (χ0v) is 36.4. The molecule has 0 aromatic heterocycles. The van der Waals surface area contributed by atoms with Crippen LogP contribution < -0.4 is 18.9 Å². The highest BCUT2D eigenvalue weighted by molar-refractivity contribution is 6.18. The molecule has 4 aliphatic heterocycles. The van der Waals surface area contributed by atoms with Gasteiger partial charge in [0.2, 0.25) is 18.9 Å². The number of allylic oxidation sites excluding steroid dienone is 1. The summed E-state index contributed by atoms with van der Waals surface area (Å²) in [5.74, 6) is 0.702. The van der Waals surface area contributed by atoms with Crippen molar-refractivity contribution in [1.29, 1.82) is 0 Å². The van der Waals surface area contributed by atoms with Crippen molar-refractivity contribution in [2.75, 3.05) is 71.9 Å². The van der Waals surface area contributed by atoms with Crippen LogP contribution >= 0.6 is 11.6 Å². The maximum absolute atomic E-state index is 14.7. The molecule has 1 unspecified atom stereocenters. The van der Waals surface area contributed by atoms with Crippen molar-refractivity contribution in [3.05, 3.63) is 71.8 Å². The van der Waals surface area contributed by atoms with Gasteiger partial charge < -0.3 is 48.2 Å². The number of alkyl halides is 1. The van der Waals surface area contributed by atoms with Crippen molar-refractivity contribution in [2.24, 2.45) is 22.9 Å². The molecular formula is C47H62ClN3O11. The van der Waals surface area contributed by atoms with E-state index < -0.39 is 30.1 Å². The number of fused-ring (bicyclic) bond motifs is 3. The molecule has 0 radical (unpaired) electrons. The van der Waals surface area contributed by atoms with E-state index >= 15 is 0 Å². The third kappa shape index (κ3) is 10.0. The molecule has 2 aliphatic carbocycles. The molecule has 0 bridgehead atoms. The average Bonchev–Trinajstić information content (AvgIpc) is 4.00. The molecule has 6 aliphatic rings. The van der Waals surface area contributed by atoms with E-state index in [1.54, 1.807) is 11.0 Å². The zero-order chi connectivity index (χ0) is 42.9. The van der Waals surface area contributed by atoms with Gasteiger partial charge in [0.25, 0.3) is 0 Å². The highest BCUT2D eigenvalue weighted by Crippen LogP contribution is 2.62. The van der Waals surface area contributed by atoms with Crippen LogP contribution in [0, 0.1) is 17.8 Å². The van der Waals surface area contributed by atoms with E-state index in [1.807, 2.05) is 30.3 Å². The maximum atomic E-state index is 14.7. The van der Waals surface area contributed by atoms with E-state index in [0.717, 1.165) is 80.6 Å². The van der Waals surface area contributed by atoms with Gasteiger partial charge in [-0.05, 0) is 91.8 Å². The Morgan fingerprint density at radius 3 is 2.61 bits per heavy atom. The van der Waals surface area contributed by atoms with Crippen molar-refractivity contribution in [3.8, 4) is 23.0 Å². The van der Waals surface area contributed by atoms with Crippen LogP contribution in [-0.2, 0) is 25.6 Å². The van der Waals surface area contributed by atoms with E-state index in [-0.39, 0.29) is 69.8 Å². The summed E-state index contributed by atoms with van der Waals surface area (Å²) < 4.78 is 44.2. The number of amides is 1. The SMILES string of the molecule is C=CCO[C@@]12Oc3ccc(OCCN4CC4)cc3[C@H]3[C@H](CCCCO)[C@@H](CCCCO)C=C(C(=NOC4CCCCO4)C[C@@H]1N(Cc1ccc4c(c1)OCO4)C(=O)OCCCl)[C@H]32. The van der Waals surface area contributed by atoms with Crippen LogP contribution in [0.3, 0.4) is 0 Å². The fraction of sp³-hybridized carbons (Fsp3) is 0.617. The molecule has 338 valence electrons. The van der Waals surface area contributed by atoms with Crippen molar-refractivity contribution in [3.63, 3.8) is 0 Å². The van der Waals surface area contributed by atoms with Gasteiger partial charge in [-0.1, -0.05) is 36.2 Å². The Hall–Kier alpha value is -4.05. The van der Waals surface area contributed by atoms with Gasteiger partial charge in [-0.25, -0.2) is 4.79 Å². The van der Waals surface area contributed by atoms with Gasteiger partial charge in [0.1, 0.15) is 30.8 Å². The molecule has 2 saturated heterocycles. The number of hydrogen-bond donors (Lipinski definition) is 2. The minimum absolute atomic E-state index is 0.00176. The monoisotopic (exact) mass is 879 g/mol. The lowest BCUT2D eigenvalue weighted by atomic mass is 9.55.